The minimum absolute atomic E-state index is 0.0370. The van der Waals surface area contributed by atoms with E-state index >= 15 is 0 Å². The normalized spacial score (nSPS) is 15.6. The van der Waals surface area contributed by atoms with E-state index in [-0.39, 0.29) is 48.8 Å². The summed E-state index contributed by atoms with van der Waals surface area (Å²) in [5, 5.41) is 4.61. The monoisotopic (exact) mass is 588 g/mol. The van der Waals surface area contributed by atoms with Gasteiger partial charge in [-0.25, -0.2) is 9.59 Å². The maximum atomic E-state index is 12.7. The van der Waals surface area contributed by atoms with Crippen LogP contribution in [0, 0.1) is 5.92 Å². The first-order valence-corrected chi connectivity index (χ1v) is 14.3. The molecule has 0 bridgehead atoms. The zero-order chi connectivity index (χ0) is 29.7. The van der Waals surface area contributed by atoms with E-state index in [9.17, 15) is 19.2 Å². The van der Waals surface area contributed by atoms with Gasteiger partial charge in [-0.05, 0) is 36.1 Å². The van der Waals surface area contributed by atoms with Crippen molar-refractivity contribution in [3.05, 3.63) is 102 Å². The Hall–Kier alpha value is -4.64. The summed E-state index contributed by atoms with van der Waals surface area (Å²) in [6.07, 6.45) is -0.655. The molecule has 1 aliphatic rings. The van der Waals surface area contributed by atoms with Crippen molar-refractivity contribution in [2.75, 3.05) is 6.54 Å². The Bertz CT molecular complexity index is 1330. The SMILES string of the molecule is CC(=O)N1C(=O)[C@@H](CCCN=C(NC(=O)OCc2ccccc2)NC(=O)OCc2ccccc2)[C@@H]1Sc1ccccc1. The van der Waals surface area contributed by atoms with Crippen LogP contribution in [0.1, 0.15) is 30.9 Å². The molecule has 2 N–H and O–H groups in total. The molecular weight excluding hydrogens is 556 g/mol. The van der Waals surface area contributed by atoms with Crippen LogP contribution in [0.15, 0.2) is 101 Å². The van der Waals surface area contributed by atoms with Crippen LogP contribution in [0.25, 0.3) is 0 Å². The number of likely N-dealkylation sites (tertiary alicyclic amines) is 1. The number of imide groups is 1. The van der Waals surface area contributed by atoms with Crippen molar-refractivity contribution in [1.82, 2.24) is 15.5 Å². The van der Waals surface area contributed by atoms with Crippen molar-refractivity contribution < 1.29 is 28.7 Å². The van der Waals surface area contributed by atoms with Crippen LogP contribution >= 0.6 is 11.8 Å². The van der Waals surface area contributed by atoms with Crippen LogP contribution in [0.4, 0.5) is 9.59 Å². The molecule has 11 heteroatoms. The summed E-state index contributed by atoms with van der Waals surface area (Å²) in [4.78, 5) is 56.2. The second-order valence-electron chi connectivity index (χ2n) is 9.40. The molecule has 0 aliphatic carbocycles. The predicted molar refractivity (Wildman–Crippen MR) is 158 cm³/mol. The summed E-state index contributed by atoms with van der Waals surface area (Å²) < 4.78 is 10.5. The van der Waals surface area contributed by atoms with E-state index in [1.165, 1.54) is 23.6 Å². The average molecular weight is 589 g/mol. The van der Waals surface area contributed by atoms with Gasteiger partial charge in [0.25, 0.3) is 0 Å². The Morgan fingerprint density at radius 3 is 1.81 bits per heavy atom. The lowest BCUT2D eigenvalue weighted by Gasteiger charge is -2.44. The van der Waals surface area contributed by atoms with E-state index in [0.717, 1.165) is 16.0 Å². The standard InChI is InChI=1S/C31H32N4O6S/c1-22(36)35-27(37)26(28(35)42-25-16-9-4-10-17-25)18-11-19-32-29(33-30(38)40-20-23-12-5-2-6-13-23)34-31(39)41-21-24-14-7-3-8-15-24/h2-10,12-17,26,28H,11,18-21H2,1H3,(H2,32,33,34,38,39)/t26-,28+/m1/s1. The number of amides is 4. The molecule has 0 aromatic heterocycles. The number of nitrogens with one attached hydrogen (secondary N) is 2. The van der Waals surface area contributed by atoms with Crippen molar-refractivity contribution >= 4 is 41.7 Å². The number of ether oxygens (including phenoxy) is 2. The fourth-order valence-corrected chi connectivity index (χ4v) is 5.59. The lowest BCUT2D eigenvalue weighted by atomic mass is 9.93. The number of nitrogens with zero attached hydrogens (tertiary/aromatic N) is 2. The number of thioether (sulfide) groups is 1. The van der Waals surface area contributed by atoms with E-state index in [1.807, 2.05) is 91.0 Å². The maximum Gasteiger partial charge on any atom is 0.414 e. The smallest absolute Gasteiger partial charge is 0.414 e. The highest BCUT2D eigenvalue weighted by atomic mass is 32.2. The van der Waals surface area contributed by atoms with Gasteiger partial charge in [0.15, 0.2) is 0 Å². The number of aliphatic imine (C=N–C) groups is 1. The Balaban J connectivity index is 1.34. The van der Waals surface area contributed by atoms with Crippen LogP contribution < -0.4 is 10.6 Å². The summed E-state index contributed by atoms with van der Waals surface area (Å²) in [6, 6.07) is 27.9. The van der Waals surface area contributed by atoms with Crippen LogP contribution in [0.2, 0.25) is 0 Å². The number of guanidine groups is 1. The summed E-state index contributed by atoms with van der Waals surface area (Å²) >= 11 is 1.47. The second-order valence-corrected chi connectivity index (χ2v) is 10.6. The van der Waals surface area contributed by atoms with Gasteiger partial charge >= 0.3 is 12.2 Å². The van der Waals surface area contributed by atoms with Gasteiger partial charge in [-0.2, -0.15) is 0 Å². The zero-order valence-corrected chi connectivity index (χ0v) is 23.9. The molecular formula is C31H32N4O6S. The molecule has 218 valence electrons. The minimum atomic E-state index is -0.799. The fraction of sp³-hybridized carbons (Fsp3) is 0.258. The summed E-state index contributed by atoms with van der Waals surface area (Å²) in [5.41, 5.74) is 1.60. The van der Waals surface area contributed by atoms with Crippen LogP contribution in [-0.2, 0) is 32.3 Å². The Kier molecular flexibility index (Phi) is 11.1. The number of alkyl carbamates (subject to hydrolysis) is 2. The highest BCUT2D eigenvalue weighted by Crippen LogP contribution is 2.41. The molecule has 0 radical (unpaired) electrons. The molecule has 10 nitrogen and oxygen atoms in total. The molecule has 4 rings (SSSR count). The lowest BCUT2D eigenvalue weighted by Crippen LogP contribution is -2.60. The number of carbonyl (C=O) groups is 4. The minimum Gasteiger partial charge on any atom is -0.444 e. The zero-order valence-electron chi connectivity index (χ0n) is 23.1. The molecule has 0 unspecified atom stereocenters. The largest absolute Gasteiger partial charge is 0.444 e. The molecule has 2 atom stereocenters. The van der Waals surface area contributed by atoms with Gasteiger partial charge in [-0.15, -0.1) is 0 Å². The summed E-state index contributed by atoms with van der Waals surface area (Å²) in [7, 11) is 0. The average Bonchev–Trinajstić information content (AvgIpc) is 3.00. The van der Waals surface area contributed by atoms with E-state index in [4.69, 9.17) is 9.47 Å². The molecule has 3 aromatic carbocycles. The first-order chi connectivity index (χ1) is 20.4. The number of hydrogen-bond acceptors (Lipinski definition) is 8. The summed E-state index contributed by atoms with van der Waals surface area (Å²) in [5.74, 6) is -0.997. The van der Waals surface area contributed by atoms with Crippen molar-refractivity contribution in [2.24, 2.45) is 10.9 Å². The van der Waals surface area contributed by atoms with Crippen molar-refractivity contribution in [2.45, 2.75) is 43.2 Å². The van der Waals surface area contributed by atoms with Crippen LogP contribution in [0.3, 0.4) is 0 Å². The van der Waals surface area contributed by atoms with Crippen LogP contribution in [-0.4, -0.2) is 46.8 Å². The molecule has 1 aliphatic heterocycles. The third kappa shape index (κ3) is 8.93. The first kappa shape index (κ1) is 30.3. The van der Waals surface area contributed by atoms with E-state index in [2.05, 4.69) is 15.6 Å². The second kappa shape index (κ2) is 15.4. The fourth-order valence-electron chi connectivity index (χ4n) is 4.22. The first-order valence-electron chi connectivity index (χ1n) is 13.5. The predicted octanol–water partition coefficient (Wildman–Crippen LogP) is 5.10. The molecule has 1 heterocycles. The van der Waals surface area contributed by atoms with Gasteiger partial charge in [-0.3, -0.25) is 30.1 Å². The van der Waals surface area contributed by atoms with Gasteiger partial charge in [0.2, 0.25) is 17.8 Å². The molecule has 3 aromatic rings. The molecule has 1 fully saturated rings. The topological polar surface area (TPSA) is 126 Å². The number of hydrogen-bond donors (Lipinski definition) is 2. The molecule has 0 spiro atoms. The third-order valence-electron chi connectivity index (χ3n) is 6.30. The van der Waals surface area contributed by atoms with Gasteiger partial charge in [0.1, 0.15) is 18.6 Å². The summed E-state index contributed by atoms with van der Waals surface area (Å²) in [6.45, 7) is 1.65. The quantitative estimate of drug-likeness (QED) is 0.146. The van der Waals surface area contributed by atoms with Crippen molar-refractivity contribution in [3.63, 3.8) is 0 Å². The number of rotatable bonds is 10. The van der Waals surface area contributed by atoms with Gasteiger partial charge in [0.05, 0.1) is 5.92 Å². The van der Waals surface area contributed by atoms with E-state index in [1.54, 1.807) is 0 Å². The van der Waals surface area contributed by atoms with E-state index < -0.39 is 12.2 Å². The van der Waals surface area contributed by atoms with Gasteiger partial charge in [0, 0.05) is 18.4 Å². The maximum absolute atomic E-state index is 12.7. The third-order valence-corrected chi connectivity index (χ3v) is 7.63. The van der Waals surface area contributed by atoms with Crippen molar-refractivity contribution in [1.29, 1.82) is 0 Å². The Labute approximate surface area is 248 Å². The van der Waals surface area contributed by atoms with Crippen LogP contribution in [0.5, 0.6) is 0 Å². The lowest BCUT2D eigenvalue weighted by molar-refractivity contribution is -0.160. The number of β-lactam (4-membered cyclic amide) rings is 1. The van der Waals surface area contributed by atoms with Gasteiger partial charge in [-0.1, -0.05) is 90.6 Å². The van der Waals surface area contributed by atoms with Gasteiger partial charge < -0.3 is 9.47 Å². The molecule has 1 saturated heterocycles. The Morgan fingerprint density at radius 2 is 1.31 bits per heavy atom. The molecule has 42 heavy (non-hydrogen) atoms. The van der Waals surface area contributed by atoms with Crippen molar-refractivity contribution in [3.8, 4) is 0 Å². The highest BCUT2D eigenvalue weighted by Gasteiger charge is 2.49. The van der Waals surface area contributed by atoms with E-state index in [0.29, 0.717) is 12.8 Å². The highest BCUT2D eigenvalue weighted by molar-refractivity contribution is 8.00. The number of benzene rings is 3. The molecule has 4 amide bonds. The molecule has 0 saturated carbocycles. The number of carbonyl (C=O) groups excluding carboxylic acids is 4. The Morgan fingerprint density at radius 1 is 0.810 bits per heavy atom.